The molecule has 0 heteroatoms. The Bertz CT molecular complexity index is 384. The lowest BCUT2D eigenvalue weighted by Gasteiger charge is -2.30. The molecule has 1 fully saturated rings. The molecule has 0 aliphatic heterocycles. The quantitative estimate of drug-likeness (QED) is 0.671. The molecule has 1 aromatic rings. The lowest BCUT2D eigenvalue weighted by molar-refractivity contribution is 0.285. The van der Waals surface area contributed by atoms with Crippen molar-refractivity contribution in [1.82, 2.24) is 0 Å². The number of benzene rings is 1. The molecule has 0 nitrogen and oxygen atoms in total. The summed E-state index contributed by atoms with van der Waals surface area (Å²) in [5.41, 5.74) is 2.91. The molecule has 2 atom stereocenters. The van der Waals surface area contributed by atoms with Gasteiger partial charge < -0.3 is 0 Å². The molecule has 2 rings (SSSR count). The van der Waals surface area contributed by atoms with Crippen molar-refractivity contribution < 1.29 is 0 Å². The predicted octanol–water partition coefficient (Wildman–Crippen LogP) is 5.18. The van der Waals surface area contributed by atoms with Crippen molar-refractivity contribution in [3.8, 4) is 0 Å². The molecule has 0 aromatic heterocycles. The van der Waals surface area contributed by atoms with Crippen LogP contribution in [0.5, 0.6) is 0 Å². The normalized spacial score (nSPS) is 32.5. The van der Waals surface area contributed by atoms with Crippen molar-refractivity contribution in [2.75, 3.05) is 0 Å². The van der Waals surface area contributed by atoms with E-state index in [1.807, 2.05) is 0 Å². The summed E-state index contributed by atoms with van der Waals surface area (Å²) in [4.78, 5) is 0. The Labute approximate surface area is 106 Å². The minimum atomic E-state index is 0.406. The summed E-state index contributed by atoms with van der Waals surface area (Å²) in [7, 11) is 0. The molecular weight excluding hydrogens is 204 g/mol. The van der Waals surface area contributed by atoms with E-state index in [4.69, 9.17) is 0 Å². The van der Waals surface area contributed by atoms with Gasteiger partial charge in [0.15, 0.2) is 0 Å². The molecule has 0 bridgehead atoms. The van der Waals surface area contributed by atoms with Gasteiger partial charge >= 0.3 is 0 Å². The standard InChI is InChI=1S/C17H26/c1-6-16(5)13-17(16,12-15(2,3)4)14-10-8-7-9-11-14/h7-11H,6,12-13H2,1-5H3. The van der Waals surface area contributed by atoms with Crippen LogP contribution in [0.1, 0.15) is 59.4 Å². The predicted molar refractivity (Wildman–Crippen MR) is 75.2 cm³/mol. The first-order chi connectivity index (χ1) is 7.83. The van der Waals surface area contributed by atoms with E-state index < -0.39 is 0 Å². The van der Waals surface area contributed by atoms with Gasteiger partial charge in [0, 0.05) is 5.41 Å². The molecule has 0 N–H and O–H groups in total. The topological polar surface area (TPSA) is 0 Å². The van der Waals surface area contributed by atoms with Crippen LogP contribution in [0.15, 0.2) is 30.3 Å². The van der Waals surface area contributed by atoms with E-state index in [1.165, 1.54) is 19.3 Å². The van der Waals surface area contributed by atoms with Crippen LogP contribution in [0.4, 0.5) is 0 Å². The minimum absolute atomic E-state index is 0.406. The van der Waals surface area contributed by atoms with Gasteiger partial charge in [-0.1, -0.05) is 65.0 Å². The highest BCUT2D eigenvalue weighted by atomic mass is 14.7. The smallest absolute Gasteiger partial charge is 0.00174 e. The fourth-order valence-electron chi connectivity index (χ4n) is 3.58. The fourth-order valence-corrected chi connectivity index (χ4v) is 3.58. The molecule has 1 aliphatic carbocycles. The second-order valence-corrected chi connectivity index (χ2v) is 7.28. The van der Waals surface area contributed by atoms with Crippen molar-refractivity contribution in [2.24, 2.45) is 10.8 Å². The van der Waals surface area contributed by atoms with Crippen molar-refractivity contribution in [3.63, 3.8) is 0 Å². The van der Waals surface area contributed by atoms with Gasteiger partial charge in [0.2, 0.25) is 0 Å². The maximum absolute atomic E-state index is 2.46. The first-order valence-corrected chi connectivity index (χ1v) is 6.89. The number of hydrogen-bond acceptors (Lipinski definition) is 0. The zero-order valence-corrected chi connectivity index (χ0v) is 12.0. The Hall–Kier alpha value is -0.780. The van der Waals surface area contributed by atoms with Crippen LogP contribution in [0.2, 0.25) is 0 Å². The maximum atomic E-state index is 2.46. The Balaban J connectivity index is 2.35. The molecule has 1 saturated carbocycles. The van der Waals surface area contributed by atoms with E-state index in [0.717, 1.165) is 0 Å². The Morgan fingerprint density at radius 2 is 1.71 bits per heavy atom. The third kappa shape index (κ3) is 2.14. The van der Waals surface area contributed by atoms with Gasteiger partial charge in [-0.05, 0) is 35.7 Å². The van der Waals surface area contributed by atoms with Gasteiger partial charge in [-0.3, -0.25) is 0 Å². The van der Waals surface area contributed by atoms with E-state index in [-0.39, 0.29) is 0 Å². The Morgan fingerprint density at radius 1 is 1.12 bits per heavy atom. The summed E-state index contributed by atoms with van der Waals surface area (Å²) in [6.45, 7) is 11.9. The molecule has 94 valence electrons. The summed E-state index contributed by atoms with van der Waals surface area (Å²) in [5.74, 6) is 0. The van der Waals surface area contributed by atoms with Gasteiger partial charge in [-0.2, -0.15) is 0 Å². The first-order valence-electron chi connectivity index (χ1n) is 6.89. The second-order valence-electron chi connectivity index (χ2n) is 7.28. The zero-order valence-electron chi connectivity index (χ0n) is 12.0. The molecule has 1 aromatic carbocycles. The molecule has 17 heavy (non-hydrogen) atoms. The highest BCUT2D eigenvalue weighted by Crippen LogP contribution is 2.70. The number of hydrogen-bond donors (Lipinski definition) is 0. The molecule has 0 heterocycles. The summed E-state index contributed by atoms with van der Waals surface area (Å²) in [6.07, 6.45) is 3.95. The molecule has 0 spiro atoms. The summed E-state index contributed by atoms with van der Waals surface area (Å²) in [5, 5.41) is 0. The van der Waals surface area contributed by atoms with E-state index in [9.17, 15) is 0 Å². The Kier molecular flexibility index (Phi) is 2.88. The molecule has 2 unspecified atom stereocenters. The summed E-state index contributed by atoms with van der Waals surface area (Å²) in [6, 6.07) is 11.2. The third-order valence-corrected chi connectivity index (χ3v) is 4.66. The zero-order chi connectivity index (χ0) is 12.7. The van der Waals surface area contributed by atoms with Crippen LogP contribution in [0.3, 0.4) is 0 Å². The monoisotopic (exact) mass is 230 g/mol. The van der Waals surface area contributed by atoms with Crippen LogP contribution in [-0.2, 0) is 5.41 Å². The van der Waals surface area contributed by atoms with Crippen LogP contribution < -0.4 is 0 Å². The molecule has 0 saturated heterocycles. The van der Waals surface area contributed by atoms with Gasteiger partial charge in [0.1, 0.15) is 0 Å². The maximum Gasteiger partial charge on any atom is 0.00174 e. The lowest BCUT2D eigenvalue weighted by atomic mass is 9.74. The Morgan fingerprint density at radius 3 is 2.12 bits per heavy atom. The third-order valence-electron chi connectivity index (χ3n) is 4.66. The van der Waals surface area contributed by atoms with E-state index in [1.54, 1.807) is 5.56 Å². The summed E-state index contributed by atoms with van der Waals surface area (Å²) >= 11 is 0. The second kappa shape index (κ2) is 3.86. The number of rotatable bonds is 3. The van der Waals surface area contributed by atoms with Gasteiger partial charge in [0.05, 0.1) is 0 Å². The average Bonchev–Trinajstić information content (AvgIpc) is 2.85. The van der Waals surface area contributed by atoms with Crippen LogP contribution in [-0.4, -0.2) is 0 Å². The highest BCUT2D eigenvalue weighted by molar-refractivity contribution is 5.37. The van der Waals surface area contributed by atoms with Crippen molar-refractivity contribution in [3.05, 3.63) is 35.9 Å². The van der Waals surface area contributed by atoms with Crippen molar-refractivity contribution >= 4 is 0 Å². The molecule has 0 radical (unpaired) electrons. The van der Waals surface area contributed by atoms with Gasteiger partial charge in [0.25, 0.3) is 0 Å². The largest absolute Gasteiger partial charge is 0.0648 e. The molecule has 1 aliphatic rings. The van der Waals surface area contributed by atoms with Crippen molar-refractivity contribution in [1.29, 1.82) is 0 Å². The summed E-state index contributed by atoms with van der Waals surface area (Å²) < 4.78 is 0. The van der Waals surface area contributed by atoms with E-state index in [0.29, 0.717) is 16.2 Å². The molecule has 0 amide bonds. The first kappa shape index (κ1) is 12.7. The van der Waals surface area contributed by atoms with Crippen LogP contribution in [0.25, 0.3) is 0 Å². The fraction of sp³-hybridized carbons (Fsp3) is 0.647. The lowest BCUT2D eigenvalue weighted by Crippen LogP contribution is -2.23. The van der Waals surface area contributed by atoms with E-state index >= 15 is 0 Å². The SMILES string of the molecule is CCC1(C)CC1(CC(C)(C)C)c1ccccc1. The van der Waals surface area contributed by atoms with E-state index in [2.05, 4.69) is 65.0 Å². The highest BCUT2D eigenvalue weighted by Gasteiger charge is 2.64. The van der Waals surface area contributed by atoms with Gasteiger partial charge in [-0.25, -0.2) is 0 Å². The van der Waals surface area contributed by atoms with Gasteiger partial charge in [-0.15, -0.1) is 0 Å². The van der Waals surface area contributed by atoms with Crippen LogP contribution in [0, 0.1) is 10.8 Å². The minimum Gasteiger partial charge on any atom is -0.0648 e. The molecular formula is C17H26. The average molecular weight is 230 g/mol. The van der Waals surface area contributed by atoms with Crippen molar-refractivity contribution in [2.45, 2.75) is 59.3 Å². The van der Waals surface area contributed by atoms with Crippen LogP contribution >= 0.6 is 0 Å².